The Kier molecular flexibility index (Phi) is 7.87. The molecule has 0 atom stereocenters. The number of nitrogens with zero attached hydrogens (tertiary/aromatic N) is 3. The largest absolute Gasteiger partial charge is 0.573 e. The Labute approximate surface area is 230 Å². The highest BCUT2D eigenvalue weighted by molar-refractivity contribution is 7.89. The summed E-state index contributed by atoms with van der Waals surface area (Å²) >= 11 is 0. The van der Waals surface area contributed by atoms with Crippen LogP contribution in [-0.4, -0.2) is 68.3 Å². The molecule has 0 aliphatic carbocycles. The third kappa shape index (κ3) is 6.22. The van der Waals surface area contributed by atoms with Gasteiger partial charge in [-0.1, -0.05) is 0 Å². The Morgan fingerprint density at radius 1 is 1.15 bits per heavy atom. The molecule has 4 rings (SSSR count). The SMILES string of the molecule is Cc1cc(N(C)C(N)=O)cc(C)c1CCS(=O)(=O)N1CCC2(CC1)N=C(c1ccc(OC(F)(F)F)cc1)NC2=O. The van der Waals surface area contributed by atoms with Gasteiger partial charge in [-0.25, -0.2) is 17.5 Å². The summed E-state index contributed by atoms with van der Waals surface area (Å²) in [5.41, 5.74) is 7.80. The monoisotopic (exact) mass is 581 g/mol. The standard InChI is InChI=1S/C26H30F3N5O5S/c1-16-14-19(33(3)24(30)36)15-17(2)21(16)8-13-40(37,38)34-11-9-25(10-12-34)23(35)31-22(32-25)18-4-6-20(7-5-18)39-26(27,28)29/h4-7,14-15H,8-13H2,1-3H3,(H2,30,36)(H,31,32,35). The van der Waals surface area contributed by atoms with Gasteiger partial charge in [0.15, 0.2) is 0 Å². The molecule has 3 N–H and O–H groups in total. The maximum atomic E-state index is 13.2. The second-order valence-corrected chi connectivity index (χ2v) is 12.0. The van der Waals surface area contributed by atoms with Crippen molar-refractivity contribution in [2.24, 2.45) is 10.7 Å². The molecule has 40 heavy (non-hydrogen) atoms. The topological polar surface area (TPSA) is 134 Å². The van der Waals surface area contributed by atoms with Crippen LogP contribution in [0.4, 0.5) is 23.7 Å². The van der Waals surface area contributed by atoms with Gasteiger partial charge in [-0.3, -0.25) is 14.7 Å². The van der Waals surface area contributed by atoms with Crippen LogP contribution in [0.15, 0.2) is 41.4 Å². The van der Waals surface area contributed by atoms with E-state index in [1.54, 1.807) is 19.2 Å². The van der Waals surface area contributed by atoms with Gasteiger partial charge in [-0.15, -0.1) is 13.2 Å². The molecule has 0 aromatic heterocycles. The molecule has 0 saturated carbocycles. The quantitative estimate of drug-likeness (QED) is 0.519. The first-order chi connectivity index (χ1) is 18.6. The number of aryl methyl sites for hydroxylation is 2. The average Bonchev–Trinajstić information content (AvgIpc) is 3.17. The van der Waals surface area contributed by atoms with E-state index in [-0.39, 0.29) is 49.8 Å². The molecule has 2 heterocycles. The number of nitrogens with one attached hydrogen (secondary N) is 1. The Hall–Kier alpha value is -3.65. The zero-order valence-electron chi connectivity index (χ0n) is 22.2. The van der Waals surface area contributed by atoms with Crippen molar-refractivity contribution in [2.45, 2.75) is 45.0 Å². The van der Waals surface area contributed by atoms with Gasteiger partial charge in [0.2, 0.25) is 10.0 Å². The molecule has 0 bridgehead atoms. The summed E-state index contributed by atoms with van der Waals surface area (Å²) in [5.74, 6) is -0.674. The number of ether oxygens (including phenoxy) is 1. The number of urea groups is 1. The van der Waals surface area contributed by atoms with Gasteiger partial charge < -0.3 is 15.8 Å². The lowest BCUT2D eigenvalue weighted by Gasteiger charge is -2.34. The fourth-order valence-corrected chi connectivity index (χ4v) is 6.45. The van der Waals surface area contributed by atoms with Crippen molar-refractivity contribution >= 4 is 33.5 Å². The molecule has 1 spiro atoms. The molecule has 2 aromatic carbocycles. The highest BCUT2D eigenvalue weighted by atomic mass is 32.2. The Morgan fingerprint density at radius 3 is 2.25 bits per heavy atom. The number of nitrogens with two attached hydrogens (primary N) is 1. The lowest BCUT2D eigenvalue weighted by atomic mass is 9.89. The second kappa shape index (κ2) is 10.7. The van der Waals surface area contributed by atoms with Crippen LogP contribution < -0.4 is 20.7 Å². The third-order valence-electron chi connectivity index (χ3n) is 7.29. The van der Waals surface area contributed by atoms with Crippen molar-refractivity contribution < 1.29 is 35.9 Å². The first kappa shape index (κ1) is 29.3. The number of anilines is 1. The van der Waals surface area contributed by atoms with Gasteiger partial charge in [0.25, 0.3) is 5.91 Å². The molecular weight excluding hydrogens is 551 g/mol. The van der Waals surface area contributed by atoms with Crippen molar-refractivity contribution in [3.05, 3.63) is 58.7 Å². The third-order valence-corrected chi connectivity index (χ3v) is 9.17. The smallest absolute Gasteiger partial charge is 0.406 e. The number of hydrogen-bond donors (Lipinski definition) is 2. The number of alkyl halides is 3. The first-order valence-electron chi connectivity index (χ1n) is 12.5. The Bertz CT molecular complexity index is 1430. The van der Waals surface area contributed by atoms with Crippen molar-refractivity contribution in [1.29, 1.82) is 0 Å². The molecule has 216 valence electrons. The fourth-order valence-electron chi connectivity index (χ4n) is 4.99. The highest BCUT2D eigenvalue weighted by Crippen LogP contribution is 2.33. The summed E-state index contributed by atoms with van der Waals surface area (Å²) < 4.78 is 68.8. The first-order valence-corrected chi connectivity index (χ1v) is 14.1. The van der Waals surface area contributed by atoms with E-state index in [1.807, 2.05) is 13.8 Å². The van der Waals surface area contributed by atoms with Crippen molar-refractivity contribution in [3.63, 3.8) is 0 Å². The van der Waals surface area contributed by atoms with Crippen LogP contribution in [-0.2, 0) is 21.2 Å². The summed E-state index contributed by atoms with van der Waals surface area (Å²) in [6, 6.07) is 7.96. The molecule has 1 saturated heterocycles. The number of amides is 3. The minimum Gasteiger partial charge on any atom is -0.406 e. The van der Waals surface area contributed by atoms with Crippen LogP contribution in [0.1, 0.15) is 35.1 Å². The normalized spacial score (nSPS) is 17.4. The summed E-state index contributed by atoms with van der Waals surface area (Å²) in [6.45, 7) is 3.91. The Balaban J connectivity index is 1.40. The zero-order chi connectivity index (χ0) is 29.5. The summed E-state index contributed by atoms with van der Waals surface area (Å²) in [4.78, 5) is 30.2. The van der Waals surface area contributed by atoms with E-state index < -0.39 is 33.7 Å². The van der Waals surface area contributed by atoms with Gasteiger partial charge in [0.1, 0.15) is 17.1 Å². The van der Waals surface area contributed by atoms with Crippen LogP contribution in [0.2, 0.25) is 0 Å². The second-order valence-electron chi connectivity index (χ2n) is 9.94. The number of sulfonamides is 1. The van der Waals surface area contributed by atoms with E-state index in [0.29, 0.717) is 11.3 Å². The van der Waals surface area contributed by atoms with Crippen LogP contribution in [0, 0.1) is 13.8 Å². The average molecular weight is 582 g/mol. The Morgan fingerprint density at radius 2 is 1.73 bits per heavy atom. The maximum Gasteiger partial charge on any atom is 0.573 e. The van der Waals surface area contributed by atoms with E-state index in [2.05, 4.69) is 15.0 Å². The van der Waals surface area contributed by atoms with Gasteiger partial charge in [0, 0.05) is 31.4 Å². The summed E-state index contributed by atoms with van der Waals surface area (Å²) in [5, 5.41) is 2.68. The number of piperidine rings is 1. The number of amidine groups is 1. The molecule has 1 fully saturated rings. The lowest BCUT2D eigenvalue weighted by Crippen LogP contribution is -2.50. The van der Waals surface area contributed by atoms with E-state index >= 15 is 0 Å². The number of halogens is 3. The fraction of sp³-hybridized carbons (Fsp3) is 0.423. The molecule has 0 radical (unpaired) electrons. The van der Waals surface area contributed by atoms with Crippen LogP contribution in [0.25, 0.3) is 0 Å². The van der Waals surface area contributed by atoms with Gasteiger partial charge in [-0.2, -0.15) is 0 Å². The number of benzene rings is 2. The molecule has 2 aliphatic heterocycles. The maximum absolute atomic E-state index is 13.2. The molecule has 14 heteroatoms. The highest BCUT2D eigenvalue weighted by Gasteiger charge is 2.47. The van der Waals surface area contributed by atoms with E-state index in [1.165, 1.54) is 21.3 Å². The zero-order valence-corrected chi connectivity index (χ0v) is 23.0. The van der Waals surface area contributed by atoms with Gasteiger partial charge in [-0.05, 0) is 86.2 Å². The summed E-state index contributed by atoms with van der Waals surface area (Å²) in [7, 11) is -2.08. The predicted octanol–water partition coefficient (Wildman–Crippen LogP) is 3.00. The number of rotatable bonds is 7. The van der Waals surface area contributed by atoms with Crippen molar-refractivity contribution in [1.82, 2.24) is 9.62 Å². The van der Waals surface area contributed by atoms with E-state index in [0.717, 1.165) is 28.8 Å². The minimum absolute atomic E-state index is 0.102. The summed E-state index contributed by atoms with van der Waals surface area (Å²) in [6.07, 6.45) is -4.20. The van der Waals surface area contributed by atoms with Crippen LogP contribution in [0.3, 0.4) is 0 Å². The minimum atomic E-state index is -4.82. The molecular formula is C26H30F3N5O5S. The van der Waals surface area contributed by atoms with Gasteiger partial charge in [0.05, 0.1) is 5.75 Å². The van der Waals surface area contributed by atoms with Crippen molar-refractivity contribution in [3.8, 4) is 5.75 Å². The number of carbonyl (C=O) groups excluding carboxylic acids is 2. The molecule has 0 unspecified atom stereocenters. The predicted molar refractivity (Wildman–Crippen MR) is 143 cm³/mol. The number of hydrogen-bond acceptors (Lipinski definition) is 6. The van der Waals surface area contributed by atoms with Crippen LogP contribution in [0.5, 0.6) is 5.75 Å². The lowest BCUT2D eigenvalue weighted by molar-refractivity contribution is -0.274. The molecule has 2 aromatic rings. The van der Waals surface area contributed by atoms with Gasteiger partial charge >= 0.3 is 12.4 Å². The molecule has 10 nitrogen and oxygen atoms in total. The molecule has 2 aliphatic rings. The van der Waals surface area contributed by atoms with E-state index in [4.69, 9.17) is 5.73 Å². The number of aliphatic imine (C=N–C) groups is 1. The van der Waals surface area contributed by atoms with Crippen molar-refractivity contribution in [2.75, 3.05) is 30.8 Å². The number of carbonyl (C=O) groups is 2. The van der Waals surface area contributed by atoms with E-state index in [9.17, 15) is 31.2 Å². The molecule has 3 amide bonds. The number of primary amides is 1. The van der Waals surface area contributed by atoms with Crippen LogP contribution >= 0.6 is 0 Å².